The third kappa shape index (κ3) is 4.85. The van der Waals surface area contributed by atoms with Gasteiger partial charge in [0.1, 0.15) is 0 Å². The zero-order valence-electron chi connectivity index (χ0n) is 20.8. The van der Waals surface area contributed by atoms with Gasteiger partial charge in [-0.1, -0.05) is 0 Å². The van der Waals surface area contributed by atoms with Gasteiger partial charge in [-0.05, 0) is 76.6 Å². The zero-order valence-corrected chi connectivity index (χ0v) is 20.8. The molecular weight excluding hydrogens is 450 g/mol. The van der Waals surface area contributed by atoms with Gasteiger partial charge in [0, 0.05) is 47.8 Å². The van der Waals surface area contributed by atoms with Gasteiger partial charge < -0.3 is 30.2 Å². The highest BCUT2D eigenvalue weighted by Crippen LogP contribution is 2.50. The molecule has 4 rings (SSSR count). The molecule has 0 radical (unpaired) electrons. The smallest absolute Gasteiger partial charge is 0.404 e. The highest BCUT2D eigenvalue weighted by molar-refractivity contribution is 5.97. The number of benzene rings is 1. The molecule has 188 valence electrons. The van der Waals surface area contributed by atoms with E-state index in [0.717, 1.165) is 42.5 Å². The van der Waals surface area contributed by atoms with Crippen molar-refractivity contribution in [1.29, 1.82) is 0 Å². The van der Waals surface area contributed by atoms with E-state index in [1.54, 1.807) is 6.07 Å². The monoisotopic (exact) mass is 483 g/mol. The summed E-state index contributed by atoms with van der Waals surface area (Å²) in [6, 6.07) is 3.61. The summed E-state index contributed by atoms with van der Waals surface area (Å²) in [7, 11) is 0. The number of aromatic nitrogens is 1. The summed E-state index contributed by atoms with van der Waals surface area (Å²) < 4.78 is 12.7. The minimum atomic E-state index is -1.00. The fourth-order valence-electron chi connectivity index (χ4n) is 5.24. The minimum Gasteiger partial charge on any atom is -0.465 e. The van der Waals surface area contributed by atoms with Gasteiger partial charge in [-0.2, -0.15) is 0 Å². The Bertz CT molecular complexity index is 1230. The average molecular weight is 484 g/mol. The predicted molar refractivity (Wildman–Crippen MR) is 130 cm³/mol. The molecule has 1 aromatic heterocycles. The van der Waals surface area contributed by atoms with Crippen molar-refractivity contribution in [3.05, 3.63) is 56.0 Å². The van der Waals surface area contributed by atoms with E-state index in [1.165, 1.54) is 0 Å². The van der Waals surface area contributed by atoms with Crippen LogP contribution in [0.4, 0.5) is 4.79 Å². The van der Waals surface area contributed by atoms with Crippen molar-refractivity contribution in [3.63, 3.8) is 0 Å². The van der Waals surface area contributed by atoms with Crippen molar-refractivity contribution >= 4 is 12.0 Å². The van der Waals surface area contributed by atoms with Gasteiger partial charge in [-0.15, -0.1) is 0 Å². The fourth-order valence-corrected chi connectivity index (χ4v) is 5.24. The van der Waals surface area contributed by atoms with E-state index in [1.807, 2.05) is 40.7 Å². The SMILES string of the molecule is Cc1cc(C)c(CNC(=O)c2cc(C)c3c(c2C)O[C@@](C)(C2CCC(NC(=O)O)CC2)O3)c(=O)[nH]1. The first-order chi connectivity index (χ1) is 16.5. The summed E-state index contributed by atoms with van der Waals surface area (Å²) in [5.74, 6) is 0.123. The second-order valence-electron chi connectivity index (χ2n) is 9.87. The van der Waals surface area contributed by atoms with Crippen LogP contribution in [0.1, 0.15) is 70.9 Å². The number of hydrogen-bond acceptors (Lipinski definition) is 5. The van der Waals surface area contributed by atoms with E-state index in [0.29, 0.717) is 28.2 Å². The Morgan fingerprint density at radius 3 is 2.34 bits per heavy atom. The van der Waals surface area contributed by atoms with Crippen LogP contribution >= 0.6 is 0 Å². The lowest BCUT2D eigenvalue weighted by atomic mass is 9.81. The first-order valence-corrected chi connectivity index (χ1v) is 12.0. The fraction of sp³-hybridized carbons (Fsp3) is 0.500. The van der Waals surface area contributed by atoms with Crippen molar-refractivity contribution in [3.8, 4) is 11.5 Å². The number of carboxylic acid groups (broad SMARTS) is 1. The number of ether oxygens (including phenoxy) is 2. The minimum absolute atomic E-state index is 0.0562. The molecule has 1 saturated carbocycles. The summed E-state index contributed by atoms with van der Waals surface area (Å²) in [5.41, 5.74) is 3.89. The summed E-state index contributed by atoms with van der Waals surface area (Å²) in [6.45, 7) is 9.42. The third-order valence-corrected chi connectivity index (χ3v) is 7.24. The molecule has 0 saturated heterocycles. The van der Waals surface area contributed by atoms with Gasteiger partial charge in [-0.3, -0.25) is 9.59 Å². The van der Waals surface area contributed by atoms with E-state index in [2.05, 4.69) is 15.6 Å². The van der Waals surface area contributed by atoms with Gasteiger partial charge in [0.25, 0.3) is 17.3 Å². The summed E-state index contributed by atoms with van der Waals surface area (Å²) in [5, 5.41) is 14.4. The van der Waals surface area contributed by atoms with Crippen LogP contribution in [0.15, 0.2) is 16.9 Å². The quantitative estimate of drug-likeness (QED) is 0.511. The Hall–Kier alpha value is -3.49. The molecule has 1 aliphatic carbocycles. The zero-order chi connectivity index (χ0) is 25.5. The molecule has 1 atom stereocenters. The predicted octanol–water partition coefficient (Wildman–Crippen LogP) is 3.85. The van der Waals surface area contributed by atoms with Crippen LogP contribution in [0.3, 0.4) is 0 Å². The number of fused-ring (bicyclic) bond motifs is 1. The Kier molecular flexibility index (Phi) is 6.53. The number of aryl methyl sites for hydroxylation is 3. The molecule has 9 heteroatoms. The van der Waals surface area contributed by atoms with Crippen LogP contribution < -0.4 is 25.7 Å². The van der Waals surface area contributed by atoms with Crippen LogP contribution in [-0.4, -0.2) is 33.9 Å². The van der Waals surface area contributed by atoms with Gasteiger partial charge >= 0.3 is 6.09 Å². The van der Waals surface area contributed by atoms with Crippen molar-refractivity contribution < 1.29 is 24.2 Å². The number of nitrogens with one attached hydrogen (secondary N) is 3. The van der Waals surface area contributed by atoms with E-state index >= 15 is 0 Å². The normalized spacial score (nSPS) is 23.1. The maximum atomic E-state index is 13.1. The Morgan fingerprint density at radius 2 is 1.71 bits per heavy atom. The highest BCUT2D eigenvalue weighted by Gasteiger charge is 2.47. The van der Waals surface area contributed by atoms with Gasteiger partial charge in [0.05, 0.1) is 0 Å². The molecule has 0 bridgehead atoms. The maximum absolute atomic E-state index is 13.1. The molecule has 4 N–H and O–H groups in total. The Morgan fingerprint density at radius 1 is 1.06 bits per heavy atom. The molecule has 2 aliphatic rings. The van der Waals surface area contributed by atoms with Gasteiger partial charge in [0.2, 0.25) is 0 Å². The van der Waals surface area contributed by atoms with Crippen LogP contribution in [0.25, 0.3) is 0 Å². The number of carbonyl (C=O) groups is 2. The van der Waals surface area contributed by atoms with E-state index < -0.39 is 11.9 Å². The van der Waals surface area contributed by atoms with E-state index in [9.17, 15) is 14.4 Å². The number of carbonyl (C=O) groups excluding carboxylic acids is 1. The molecule has 1 fully saturated rings. The molecule has 9 nitrogen and oxygen atoms in total. The van der Waals surface area contributed by atoms with Crippen molar-refractivity contribution in [2.75, 3.05) is 0 Å². The number of aromatic amines is 1. The van der Waals surface area contributed by atoms with Crippen LogP contribution in [-0.2, 0) is 6.54 Å². The lowest BCUT2D eigenvalue weighted by Crippen LogP contribution is -2.47. The van der Waals surface area contributed by atoms with Gasteiger partial charge in [0.15, 0.2) is 11.5 Å². The summed E-state index contributed by atoms with van der Waals surface area (Å²) in [4.78, 5) is 39.1. The molecular formula is C26H33N3O6. The topological polar surface area (TPSA) is 130 Å². The molecule has 2 heterocycles. The number of pyridine rings is 1. The lowest BCUT2D eigenvalue weighted by molar-refractivity contribution is -0.121. The molecule has 2 aromatic rings. The van der Waals surface area contributed by atoms with E-state index in [-0.39, 0.29) is 30.0 Å². The number of hydrogen-bond donors (Lipinski definition) is 4. The van der Waals surface area contributed by atoms with Crippen LogP contribution in [0.5, 0.6) is 11.5 Å². The van der Waals surface area contributed by atoms with E-state index in [4.69, 9.17) is 14.6 Å². The largest absolute Gasteiger partial charge is 0.465 e. The number of amides is 2. The number of rotatable bonds is 5. The summed E-state index contributed by atoms with van der Waals surface area (Å²) in [6.07, 6.45) is 1.98. The second-order valence-corrected chi connectivity index (χ2v) is 9.87. The first-order valence-electron chi connectivity index (χ1n) is 12.0. The Balaban J connectivity index is 1.49. The van der Waals surface area contributed by atoms with Crippen molar-refractivity contribution in [2.24, 2.45) is 5.92 Å². The van der Waals surface area contributed by atoms with Crippen LogP contribution in [0.2, 0.25) is 0 Å². The van der Waals surface area contributed by atoms with Crippen molar-refractivity contribution in [1.82, 2.24) is 15.6 Å². The molecule has 1 aliphatic heterocycles. The average Bonchev–Trinajstić information content (AvgIpc) is 3.15. The second kappa shape index (κ2) is 9.28. The molecule has 35 heavy (non-hydrogen) atoms. The Labute approximate surface area is 204 Å². The highest BCUT2D eigenvalue weighted by atomic mass is 16.7. The maximum Gasteiger partial charge on any atom is 0.404 e. The van der Waals surface area contributed by atoms with Crippen LogP contribution in [0, 0.1) is 33.6 Å². The molecule has 0 unspecified atom stereocenters. The lowest BCUT2D eigenvalue weighted by Gasteiger charge is -2.37. The van der Waals surface area contributed by atoms with Crippen molar-refractivity contribution in [2.45, 2.75) is 78.7 Å². The third-order valence-electron chi connectivity index (χ3n) is 7.24. The van der Waals surface area contributed by atoms with Gasteiger partial charge in [-0.25, -0.2) is 4.79 Å². The summed E-state index contributed by atoms with van der Waals surface area (Å²) >= 11 is 0. The molecule has 1 aromatic carbocycles. The molecule has 2 amide bonds. The standard InChI is InChI=1S/C26H33N3O6/c1-13-10-15(3)28-24(31)20(13)12-27-23(30)19-11-14(2)21-22(16(19)4)35-26(5,34-21)17-6-8-18(9-7-17)29-25(32)33/h10-11,17-18,29H,6-9,12H2,1-5H3,(H,27,30)(H,28,31)(H,32,33)/t17?,18?,26-/m0/s1. The first kappa shape index (κ1) is 24.6. The molecule has 0 spiro atoms. The number of H-pyrrole nitrogens is 1.